The summed E-state index contributed by atoms with van der Waals surface area (Å²) < 4.78 is 0. The first kappa shape index (κ1) is 35.2. The summed E-state index contributed by atoms with van der Waals surface area (Å²) in [6.45, 7) is 0.949. The highest BCUT2D eigenvalue weighted by molar-refractivity contribution is 5.98. The van der Waals surface area contributed by atoms with Gasteiger partial charge in [0.15, 0.2) is 23.0 Å². The third kappa shape index (κ3) is 10.4. The molecule has 0 aromatic heterocycles. The van der Waals surface area contributed by atoms with Gasteiger partial charge in [-0.1, -0.05) is 43.2 Å². The highest BCUT2D eigenvalue weighted by Gasteiger charge is 2.21. The van der Waals surface area contributed by atoms with Crippen LogP contribution in [0.15, 0.2) is 66.7 Å². The lowest BCUT2D eigenvalue weighted by atomic mass is 10.1. The molecular formula is C34H41N3O9. The summed E-state index contributed by atoms with van der Waals surface area (Å²) in [5.41, 5.74) is 0.383. The van der Waals surface area contributed by atoms with Crippen molar-refractivity contribution in [3.05, 3.63) is 83.4 Å². The molecule has 6 N–H and O–H groups in total. The molecule has 3 amide bonds. The number of nitrogens with one attached hydrogen (secondary N) is 1. The first-order valence-electron chi connectivity index (χ1n) is 15.3. The van der Waals surface area contributed by atoms with Crippen LogP contribution < -0.4 is 5.32 Å². The molecule has 246 valence electrons. The van der Waals surface area contributed by atoms with Crippen molar-refractivity contribution in [2.75, 3.05) is 32.7 Å². The van der Waals surface area contributed by atoms with E-state index < -0.39 is 41.6 Å². The maximum Gasteiger partial charge on any atom is 0.323 e. The second-order valence-corrected chi connectivity index (χ2v) is 10.9. The molecule has 0 unspecified atom stereocenters. The topological polar surface area (TPSA) is 188 Å². The Kier molecular flexibility index (Phi) is 13.7. The summed E-state index contributed by atoms with van der Waals surface area (Å²) in [4.78, 5) is 52.7. The van der Waals surface area contributed by atoms with Crippen molar-refractivity contribution < 1.29 is 44.7 Å². The quantitative estimate of drug-likeness (QED) is 0.0873. The van der Waals surface area contributed by atoms with Gasteiger partial charge in [0.1, 0.15) is 6.54 Å². The van der Waals surface area contributed by atoms with Crippen LogP contribution in [0.2, 0.25) is 0 Å². The second kappa shape index (κ2) is 17.9. The van der Waals surface area contributed by atoms with E-state index in [0.717, 1.165) is 0 Å². The van der Waals surface area contributed by atoms with Crippen molar-refractivity contribution in [2.45, 2.75) is 44.9 Å². The Bertz CT molecular complexity index is 1480. The molecule has 0 saturated carbocycles. The molecule has 0 fully saturated rings. The molecule has 0 atom stereocenters. The van der Waals surface area contributed by atoms with Crippen molar-refractivity contribution in [1.82, 2.24) is 15.1 Å². The predicted molar refractivity (Wildman–Crippen MR) is 170 cm³/mol. The average molecular weight is 636 g/mol. The van der Waals surface area contributed by atoms with Gasteiger partial charge in [0.05, 0.1) is 11.1 Å². The summed E-state index contributed by atoms with van der Waals surface area (Å²) in [5, 5.41) is 51.6. The smallest absolute Gasteiger partial charge is 0.323 e. The van der Waals surface area contributed by atoms with Gasteiger partial charge >= 0.3 is 5.97 Å². The molecule has 0 radical (unpaired) electrons. The average Bonchev–Trinajstić information content (AvgIpc) is 3.04. The van der Waals surface area contributed by atoms with Gasteiger partial charge in [0, 0.05) is 31.7 Å². The molecule has 0 aliphatic rings. The van der Waals surface area contributed by atoms with E-state index in [9.17, 15) is 44.7 Å². The number of amides is 3. The molecule has 0 aliphatic heterocycles. The van der Waals surface area contributed by atoms with E-state index in [2.05, 4.69) is 5.32 Å². The van der Waals surface area contributed by atoms with Crippen molar-refractivity contribution >= 4 is 23.7 Å². The van der Waals surface area contributed by atoms with E-state index in [-0.39, 0.29) is 29.3 Å². The summed E-state index contributed by atoms with van der Waals surface area (Å²) in [7, 11) is 0. The number of aromatic hydroxyl groups is 4. The van der Waals surface area contributed by atoms with Crippen LogP contribution in [0.3, 0.4) is 0 Å². The lowest BCUT2D eigenvalue weighted by Crippen LogP contribution is -2.36. The van der Waals surface area contributed by atoms with Gasteiger partial charge in [-0.05, 0) is 68.5 Å². The fourth-order valence-electron chi connectivity index (χ4n) is 4.94. The standard InChI is InChI=1S/C34H41N3O9/c38-27-17-11-15-25(30(27)42)32(44)35-19-7-4-10-21-36(34(46)26-16-12-18-28(39)31(26)43)20-8-1-2-9-22-37(23-29(40)41)33(45)24-13-5-3-6-14-24/h3,5-6,11-18,38-39,42-43H,1-2,4,7-10,19-23H2,(H,35,44)(H,40,41). The highest BCUT2D eigenvalue weighted by atomic mass is 16.4. The van der Waals surface area contributed by atoms with E-state index in [4.69, 9.17) is 0 Å². The van der Waals surface area contributed by atoms with E-state index >= 15 is 0 Å². The Morgan fingerprint density at radius 1 is 0.565 bits per heavy atom. The zero-order valence-corrected chi connectivity index (χ0v) is 25.6. The lowest BCUT2D eigenvalue weighted by Gasteiger charge is -2.24. The number of benzene rings is 3. The number of carbonyl (C=O) groups excluding carboxylic acids is 3. The van der Waals surface area contributed by atoms with Crippen LogP contribution in [-0.2, 0) is 4.79 Å². The lowest BCUT2D eigenvalue weighted by molar-refractivity contribution is -0.137. The minimum absolute atomic E-state index is 0.0121. The molecule has 3 aromatic rings. The van der Waals surface area contributed by atoms with E-state index in [1.807, 2.05) is 0 Å². The fraction of sp³-hybridized carbons (Fsp3) is 0.353. The summed E-state index contributed by atoms with van der Waals surface area (Å²) in [5.74, 6) is -4.12. The maximum atomic E-state index is 13.3. The third-order valence-electron chi connectivity index (χ3n) is 7.42. The number of hydrogen-bond acceptors (Lipinski definition) is 8. The van der Waals surface area contributed by atoms with Crippen LogP contribution in [0.4, 0.5) is 0 Å². The minimum Gasteiger partial charge on any atom is -0.504 e. The highest BCUT2D eigenvalue weighted by Crippen LogP contribution is 2.30. The number of carbonyl (C=O) groups is 4. The number of nitrogens with zero attached hydrogens (tertiary/aromatic N) is 2. The fourth-order valence-corrected chi connectivity index (χ4v) is 4.94. The van der Waals surface area contributed by atoms with Crippen LogP contribution in [0, 0.1) is 0 Å². The molecule has 0 aliphatic carbocycles. The summed E-state index contributed by atoms with van der Waals surface area (Å²) >= 11 is 0. The van der Waals surface area contributed by atoms with Crippen molar-refractivity contribution in [3.63, 3.8) is 0 Å². The number of phenols is 4. The van der Waals surface area contributed by atoms with Gasteiger partial charge in [-0.15, -0.1) is 0 Å². The van der Waals surface area contributed by atoms with E-state index in [1.54, 1.807) is 35.2 Å². The number of unbranched alkanes of at least 4 members (excludes halogenated alkanes) is 5. The van der Waals surface area contributed by atoms with Gasteiger partial charge in [-0.2, -0.15) is 0 Å². The number of carboxylic acids is 1. The second-order valence-electron chi connectivity index (χ2n) is 10.9. The van der Waals surface area contributed by atoms with Crippen LogP contribution in [0.1, 0.15) is 76.0 Å². The number of para-hydroxylation sites is 2. The SMILES string of the molecule is O=C(O)CN(CCCCCCN(CCCCCNC(=O)c1cccc(O)c1O)C(=O)c1cccc(O)c1O)C(=O)c1ccccc1. The van der Waals surface area contributed by atoms with Crippen LogP contribution in [0.25, 0.3) is 0 Å². The number of aliphatic carboxylic acids is 1. The zero-order valence-electron chi connectivity index (χ0n) is 25.6. The molecule has 12 nitrogen and oxygen atoms in total. The molecular weight excluding hydrogens is 594 g/mol. The third-order valence-corrected chi connectivity index (χ3v) is 7.42. The predicted octanol–water partition coefficient (Wildman–Crippen LogP) is 4.34. The monoisotopic (exact) mass is 635 g/mol. The number of rotatable bonds is 18. The molecule has 3 rings (SSSR count). The Morgan fingerprint density at radius 2 is 1.09 bits per heavy atom. The van der Waals surface area contributed by atoms with Gasteiger partial charge in [0.25, 0.3) is 17.7 Å². The molecule has 12 heteroatoms. The van der Waals surface area contributed by atoms with E-state index in [0.29, 0.717) is 70.1 Å². The van der Waals surface area contributed by atoms with Crippen LogP contribution in [-0.4, -0.2) is 91.7 Å². The van der Waals surface area contributed by atoms with Gasteiger partial charge in [0.2, 0.25) is 0 Å². The molecule has 0 bridgehead atoms. The van der Waals surface area contributed by atoms with Gasteiger partial charge in [-0.3, -0.25) is 19.2 Å². The summed E-state index contributed by atoms with van der Waals surface area (Å²) in [6, 6.07) is 16.9. The Hall–Kier alpha value is -5.26. The normalized spacial score (nSPS) is 10.7. The Balaban J connectivity index is 1.48. The van der Waals surface area contributed by atoms with Crippen molar-refractivity contribution in [2.24, 2.45) is 0 Å². The molecule has 0 spiro atoms. The first-order chi connectivity index (χ1) is 22.1. The number of hydrogen-bond donors (Lipinski definition) is 6. The Labute approximate surface area is 267 Å². The number of phenolic OH excluding ortho intramolecular Hbond substituents is 4. The largest absolute Gasteiger partial charge is 0.504 e. The van der Waals surface area contributed by atoms with Crippen LogP contribution in [0.5, 0.6) is 23.0 Å². The summed E-state index contributed by atoms with van der Waals surface area (Å²) in [6.07, 6.45) is 4.48. The van der Waals surface area contributed by atoms with Crippen molar-refractivity contribution in [1.29, 1.82) is 0 Å². The van der Waals surface area contributed by atoms with Gasteiger partial charge in [-0.25, -0.2) is 0 Å². The van der Waals surface area contributed by atoms with Gasteiger partial charge < -0.3 is 40.6 Å². The van der Waals surface area contributed by atoms with Crippen LogP contribution >= 0.6 is 0 Å². The van der Waals surface area contributed by atoms with Crippen molar-refractivity contribution in [3.8, 4) is 23.0 Å². The maximum absolute atomic E-state index is 13.3. The molecule has 3 aromatic carbocycles. The van der Waals surface area contributed by atoms with E-state index in [1.165, 1.54) is 41.3 Å². The molecule has 46 heavy (non-hydrogen) atoms. The molecule has 0 heterocycles. The molecule has 0 saturated heterocycles. The first-order valence-corrected chi connectivity index (χ1v) is 15.3. The minimum atomic E-state index is -1.09. The zero-order chi connectivity index (χ0) is 33.5. The number of carboxylic acid groups (broad SMARTS) is 1. The Morgan fingerprint density at radius 3 is 1.67 bits per heavy atom.